The molecule has 0 fully saturated rings. The van der Waals surface area contributed by atoms with Gasteiger partial charge in [0.2, 0.25) is 11.5 Å². The lowest BCUT2D eigenvalue weighted by molar-refractivity contribution is 0.350. The smallest absolute Gasteiger partial charge is 0.205 e. The maximum Gasteiger partial charge on any atom is 0.205 e. The number of phenols is 5. The van der Waals surface area contributed by atoms with Gasteiger partial charge in [0, 0.05) is 22.9 Å². The molecule has 0 atom stereocenters. The van der Waals surface area contributed by atoms with E-state index in [2.05, 4.69) is 104 Å². The van der Waals surface area contributed by atoms with Crippen molar-refractivity contribution >= 4 is 39.0 Å². The van der Waals surface area contributed by atoms with Crippen molar-refractivity contribution in [3.63, 3.8) is 0 Å². The maximum atomic E-state index is 12.3. The van der Waals surface area contributed by atoms with Gasteiger partial charge >= 0.3 is 0 Å². The molecule has 6 heteroatoms. The Morgan fingerprint density at radius 1 is 0.695 bits per heavy atom. The molecule has 0 saturated heterocycles. The number of benzene rings is 5. The third kappa shape index (κ3) is 6.30. The van der Waals surface area contributed by atoms with Crippen LogP contribution in [0.3, 0.4) is 0 Å². The van der Waals surface area contributed by atoms with Gasteiger partial charge in [-0.05, 0) is 85.9 Å². The fraction of sp³-hybridized carbons (Fsp3) is 0.0943. The Morgan fingerprint density at radius 3 is 2.12 bits per heavy atom. The Balaban J connectivity index is 1.31. The normalized spacial score (nSPS) is 15.1. The third-order valence-corrected chi connectivity index (χ3v) is 11.5. The van der Waals surface area contributed by atoms with Crippen LogP contribution in [0, 0.1) is 0 Å². The zero-order valence-electron chi connectivity index (χ0n) is 32.5. The Hall–Kier alpha value is -7.44. The quantitative estimate of drug-likeness (QED) is 0.0598. The Kier molecular flexibility index (Phi) is 9.54. The molecule has 5 N–H and O–H groups in total. The van der Waals surface area contributed by atoms with Gasteiger partial charge in [0.1, 0.15) is 11.5 Å². The number of phenolic OH excluding ortho intramolecular Hbond substituents is 5. The summed E-state index contributed by atoms with van der Waals surface area (Å²) in [5.74, 6) is -2.88. The summed E-state index contributed by atoms with van der Waals surface area (Å²) in [4.78, 5) is 0. The van der Waals surface area contributed by atoms with Crippen LogP contribution in [0.15, 0.2) is 173 Å². The average Bonchev–Trinajstić information content (AvgIpc) is 3.47. The Bertz CT molecular complexity index is 3090. The van der Waals surface area contributed by atoms with Crippen LogP contribution >= 0.6 is 0 Å². The molecule has 9 rings (SSSR count). The molecule has 0 spiro atoms. The molecular weight excluding hydrogens is 733 g/mol. The molecule has 0 amide bonds. The summed E-state index contributed by atoms with van der Waals surface area (Å²) in [7, 11) is 0. The van der Waals surface area contributed by atoms with E-state index in [-0.39, 0.29) is 33.1 Å². The number of hydrogen-bond donors (Lipinski definition) is 5. The molecular formula is C53H42O6. The summed E-state index contributed by atoms with van der Waals surface area (Å²) in [6, 6.07) is 26.2. The average molecular weight is 775 g/mol. The fourth-order valence-electron chi connectivity index (χ4n) is 8.73. The van der Waals surface area contributed by atoms with Gasteiger partial charge in [-0.3, -0.25) is 0 Å². The highest BCUT2D eigenvalue weighted by molar-refractivity contribution is 6.23. The molecule has 1 aromatic heterocycles. The molecule has 2 bridgehead atoms. The topological polar surface area (TPSA) is 114 Å². The number of aryl methyl sites for hydroxylation is 1. The lowest BCUT2D eigenvalue weighted by atomic mass is 9.88. The Morgan fingerprint density at radius 2 is 1.39 bits per heavy atom. The van der Waals surface area contributed by atoms with E-state index >= 15 is 0 Å². The lowest BCUT2D eigenvalue weighted by Gasteiger charge is -2.16. The van der Waals surface area contributed by atoms with Gasteiger partial charge in [-0.1, -0.05) is 153 Å². The number of fused-ring (bicyclic) bond motifs is 6. The van der Waals surface area contributed by atoms with Gasteiger partial charge in [0.05, 0.1) is 10.8 Å². The van der Waals surface area contributed by atoms with Crippen LogP contribution in [-0.4, -0.2) is 25.5 Å². The van der Waals surface area contributed by atoms with Gasteiger partial charge in [-0.25, -0.2) is 0 Å². The van der Waals surface area contributed by atoms with Gasteiger partial charge in [0.15, 0.2) is 17.1 Å². The van der Waals surface area contributed by atoms with Gasteiger partial charge in [0.25, 0.3) is 0 Å². The molecule has 290 valence electrons. The second-order valence-corrected chi connectivity index (χ2v) is 15.0. The second-order valence-electron chi connectivity index (χ2n) is 15.0. The number of aromatic hydroxyl groups is 5. The minimum atomic E-state index is -0.903. The largest absolute Gasteiger partial charge is 0.506 e. The first-order valence-electron chi connectivity index (χ1n) is 19.8. The minimum Gasteiger partial charge on any atom is -0.506 e. The van der Waals surface area contributed by atoms with E-state index in [1.54, 1.807) is 24.3 Å². The van der Waals surface area contributed by atoms with Crippen LogP contribution in [0.1, 0.15) is 42.2 Å². The summed E-state index contributed by atoms with van der Waals surface area (Å²) in [5, 5.41) is 58.7. The monoisotopic (exact) mass is 774 g/mol. The van der Waals surface area contributed by atoms with E-state index in [0.717, 1.165) is 51.1 Å². The van der Waals surface area contributed by atoms with E-state index in [1.165, 1.54) is 16.7 Å². The van der Waals surface area contributed by atoms with Crippen molar-refractivity contribution in [2.75, 3.05) is 0 Å². The zero-order valence-corrected chi connectivity index (χ0v) is 32.5. The summed E-state index contributed by atoms with van der Waals surface area (Å²) in [6.45, 7) is 6.24. The first-order chi connectivity index (χ1) is 28.8. The predicted octanol–water partition coefficient (Wildman–Crippen LogP) is 10.8. The van der Waals surface area contributed by atoms with Crippen LogP contribution in [-0.2, 0) is 12.8 Å². The number of hydrogen-bond acceptors (Lipinski definition) is 6. The van der Waals surface area contributed by atoms with Crippen LogP contribution in [0.5, 0.6) is 28.7 Å². The standard InChI is InChI=1S/C53H42O6/c1-3-33(30-40-41(4-2)59-53-45(40)48(54)44(34-18-10-7-11-19-34)46-47(53)50(56)52(58)51(57)49(46)55)42-36-20-12-13-21-37(29-36)43(39-23-15-14-22-38(39)42)35-26-24-32(25-27-35)28-31-16-8-5-6-9-17-31/h3,5-8,10-27,30,54-58H,1,4,9,28-29H2,2H3/b33-30+. The minimum absolute atomic E-state index is 0.0393. The molecule has 5 aromatic carbocycles. The van der Waals surface area contributed by atoms with E-state index in [0.29, 0.717) is 29.7 Å². The summed E-state index contributed by atoms with van der Waals surface area (Å²) in [6.07, 6.45) is 25.9. The molecule has 0 radical (unpaired) electrons. The predicted molar refractivity (Wildman–Crippen MR) is 238 cm³/mol. The first kappa shape index (κ1) is 37.2. The third-order valence-electron chi connectivity index (χ3n) is 11.5. The maximum absolute atomic E-state index is 12.3. The molecule has 0 unspecified atom stereocenters. The van der Waals surface area contributed by atoms with E-state index in [9.17, 15) is 25.5 Å². The lowest BCUT2D eigenvalue weighted by Crippen LogP contribution is -2.29. The summed E-state index contributed by atoms with van der Waals surface area (Å²) < 4.78 is 6.47. The molecule has 6 aromatic rings. The van der Waals surface area contributed by atoms with E-state index in [4.69, 9.17) is 4.42 Å². The van der Waals surface area contributed by atoms with Gasteiger partial charge in [-0.2, -0.15) is 0 Å². The van der Waals surface area contributed by atoms with Crippen molar-refractivity contribution in [1.29, 1.82) is 0 Å². The molecule has 3 aliphatic rings. The van der Waals surface area contributed by atoms with Crippen LogP contribution in [0.25, 0.3) is 50.1 Å². The van der Waals surface area contributed by atoms with E-state index in [1.807, 2.05) is 31.2 Å². The van der Waals surface area contributed by atoms with E-state index < -0.39 is 23.0 Å². The highest BCUT2D eigenvalue weighted by Crippen LogP contribution is 2.57. The van der Waals surface area contributed by atoms with Gasteiger partial charge < -0.3 is 29.9 Å². The Labute approximate surface area is 341 Å². The number of rotatable bonds is 8. The SMILES string of the molecule is C=C/C(=C\c1c(CC)oc2c1c(O)c(-c1ccccc1)c1c(O)c(O)c(O)c(O)c12)C1=c2ccccc2=C(c2ccc(CC3=CCC=CC=C3)cc2)C2=CC=CC=C1C2. The van der Waals surface area contributed by atoms with Crippen LogP contribution in [0.4, 0.5) is 0 Å². The van der Waals surface area contributed by atoms with Crippen LogP contribution < -0.4 is 10.4 Å². The summed E-state index contributed by atoms with van der Waals surface area (Å²) in [5.41, 5.74) is 10.1. The van der Waals surface area contributed by atoms with Crippen molar-refractivity contribution in [2.24, 2.45) is 0 Å². The highest BCUT2D eigenvalue weighted by atomic mass is 16.4. The molecule has 0 saturated carbocycles. The van der Waals surface area contributed by atoms with Gasteiger partial charge in [-0.15, -0.1) is 0 Å². The summed E-state index contributed by atoms with van der Waals surface area (Å²) >= 11 is 0. The molecule has 3 aliphatic carbocycles. The van der Waals surface area contributed by atoms with Crippen LogP contribution in [0.2, 0.25) is 0 Å². The second kappa shape index (κ2) is 15.1. The molecule has 6 nitrogen and oxygen atoms in total. The number of allylic oxidation sites excluding steroid dienone is 14. The number of furan rings is 1. The zero-order chi connectivity index (χ0) is 40.8. The van der Waals surface area contributed by atoms with Crippen molar-refractivity contribution in [2.45, 2.75) is 32.6 Å². The van der Waals surface area contributed by atoms with Crippen molar-refractivity contribution in [3.05, 3.63) is 201 Å². The van der Waals surface area contributed by atoms with Crippen molar-refractivity contribution in [1.82, 2.24) is 0 Å². The fourth-order valence-corrected chi connectivity index (χ4v) is 8.73. The molecule has 0 aliphatic heterocycles. The molecule has 59 heavy (non-hydrogen) atoms. The highest BCUT2D eigenvalue weighted by Gasteiger charge is 2.31. The first-order valence-corrected chi connectivity index (χ1v) is 19.8. The molecule has 1 heterocycles. The van der Waals surface area contributed by atoms with Crippen molar-refractivity contribution < 1.29 is 29.9 Å². The van der Waals surface area contributed by atoms with Crippen molar-refractivity contribution in [3.8, 4) is 39.9 Å².